The number of ether oxygens (including phenoxy) is 2. The smallest absolute Gasteiger partial charge is 0.378 e. The molecule has 1 saturated heterocycles. The minimum Gasteiger partial charge on any atom is -0.378 e. The average molecular weight is 281 g/mol. The molecule has 108 valence electrons. The number of aromatic nitrogens is 2. The van der Waals surface area contributed by atoms with E-state index in [-0.39, 0.29) is 25.0 Å². The summed E-state index contributed by atoms with van der Waals surface area (Å²) in [5, 5.41) is 6.91. The number of nitrogens with zero attached hydrogens (tertiary/aromatic N) is 2. The Morgan fingerprint density at radius 2 is 2.26 bits per heavy atom. The van der Waals surface area contributed by atoms with E-state index in [1.165, 1.54) is 0 Å². The highest BCUT2D eigenvalue weighted by molar-refractivity contribution is 4.95. The summed E-state index contributed by atoms with van der Waals surface area (Å²) in [5.74, 6) is 0.704. The molecule has 1 aliphatic rings. The van der Waals surface area contributed by atoms with E-state index >= 15 is 0 Å². The number of hydrogen-bond acceptors (Lipinski definition) is 6. The Kier molecular flexibility index (Phi) is 4.72. The molecule has 0 saturated carbocycles. The molecule has 2 rings (SSSR count). The molecular weight excluding hydrogens is 267 g/mol. The van der Waals surface area contributed by atoms with Crippen LogP contribution in [0.4, 0.5) is 13.2 Å². The third-order valence-corrected chi connectivity index (χ3v) is 2.44. The molecule has 6 nitrogen and oxygen atoms in total. The van der Waals surface area contributed by atoms with Crippen molar-refractivity contribution in [2.75, 3.05) is 33.0 Å². The van der Waals surface area contributed by atoms with E-state index in [1.54, 1.807) is 0 Å². The molecule has 0 bridgehead atoms. The van der Waals surface area contributed by atoms with Gasteiger partial charge < -0.3 is 19.3 Å². The highest BCUT2D eigenvalue weighted by Gasteiger charge is 2.27. The van der Waals surface area contributed by atoms with E-state index in [4.69, 9.17) is 9.26 Å². The molecular formula is C10H14F3N3O3. The van der Waals surface area contributed by atoms with Crippen molar-refractivity contribution in [3.05, 3.63) is 11.7 Å². The van der Waals surface area contributed by atoms with E-state index in [2.05, 4.69) is 20.2 Å². The lowest BCUT2D eigenvalue weighted by molar-refractivity contribution is -0.173. The Labute approximate surface area is 107 Å². The van der Waals surface area contributed by atoms with Gasteiger partial charge in [-0.15, -0.1) is 0 Å². The fourth-order valence-electron chi connectivity index (χ4n) is 1.59. The van der Waals surface area contributed by atoms with Gasteiger partial charge in [0.05, 0.1) is 32.3 Å². The molecule has 0 aromatic carbocycles. The molecule has 19 heavy (non-hydrogen) atoms. The van der Waals surface area contributed by atoms with Crippen LogP contribution in [0.5, 0.6) is 0 Å². The molecule has 1 fully saturated rings. The zero-order chi connectivity index (χ0) is 13.7. The maximum absolute atomic E-state index is 11.8. The number of halogens is 3. The first-order valence-corrected chi connectivity index (χ1v) is 5.83. The maximum Gasteiger partial charge on any atom is 0.411 e. The van der Waals surface area contributed by atoms with Crippen LogP contribution in [-0.2, 0) is 15.9 Å². The van der Waals surface area contributed by atoms with Crippen LogP contribution in [0.15, 0.2) is 4.52 Å². The van der Waals surface area contributed by atoms with Gasteiger partial charge in [-0.1, -0.05) is 5.16 Å². The maximum atomic E-state index is 11.8. The van der Waals surface area contributed by atoms with Crippen molar-refractivity contribution in [1.29, 1.82) is 0 Å². The first kappa shape index (κ1) is 14.2. The Morgan fingerprint density at radius 1 is 1.42 bits per heavy atom. The van der Waals surface area contributed by atoms with Crippen LogP contribution < -0.4 is 5.32 Å². The molecule has 0 amide bonds. The van der Waals surface area contributed by atoms with Gasteiger partial charge in [-0.25, -0.2) is 0 Å². The van der Waals surface area contributed by atoms with E-state index in [1.807, 2.05) is 0 Å². The van der Waals surface area contributed by atoms with Crippen LogP contribution in [0.25, 0.3) is 0 Å². The molecule has 1 aliphatic heterocycles. The Hall–Kier alpha value is -1.19. The summed E-state index contributed by atoms with van der Waals surface area (Å²) in [6, 6.07) is -0.137. The minimum atomic E-state index is -4.32. The topological polar surface area (TPSA) is 69.4 Å². The van der Waals surface area contributed by atoms with Gasteiger partial charge >= 0.3 is 6.18 Å². The minimum absolute atomic E-state index is 0.115. The van der Waals surface area contributed by atoms with Crippen molar-refractivity contribution in [3.63, 3.8) is 0 Å². The molecule has 1 N–H and O–H groups in total. The normalized spacial score (nSPS) is 20.7. The van der Waals surface area contributed by atoms with Crippen molar-refractivity contribution in [3.8, 4) is 0 Å². The Balaban J connectivity index is 1.74. The van der Waals surface area contributed by atoms with Gasteiger partial charge in [0.15, 0.2) is 5.82 Å². The fourth-order valence-corrected chi connectivity index (χ4v) is 1.59. The van der Waals surface area contributed by atoms with Crippen molar-refractivity contribution in [2.45, 2.75) is 18.6 Å². The lowest BCUT2D eigenvalue weighted by atomic mass is 10.2. The number of alkyl halides is 3. The summed E-state index contributed by atoms with van der Waals surface area (Å²) in [6.45, 7) is 0.390. The first-order chi connectivity index (χ1) is 9.04. The zero-order valence-electron chi connectivity index (χ0n) is 10.1. The molecule has 1 atom stereocenters. The molecule has 1 aromatic rings. The monoisotopic (exact) mass is 281 g/mol. The summed E-state index contributed by atoms with van der Waals surface area (Å²) in [6.07, 6.45) is -4.17. The van der Waals surface area contributed by atoms with Crippen molar-refractivity contribution < 1.29 is 27.2 Å². The van der Waals surface area contributed by atoms with Crippen LogP contribution in [0.3, 0.4) is 0 Å². The molecule has 1 aromatic heterocycles. The SMILES string of the molecule is FC(F)(F)COCCc1nc(C2COCCN2)no1. The number of rotatable bonds is 5. The number of nitrogens with one attached hydrogen (secondary N) is 1. The van der Waals surface area contributed by atoms with Gasteiger partial charge in [-0.3, -0.25) is 0 Å². The third-order valence-electron chi connectivity index (χ3n) is 2.44. The van der Waals surface area contributed by atoms with Crippen molar-refractivity contribution in [1.82, 2.24) is 15.5 Å². The lowest BCUT2D eigenvalue weighted by Crippen LogP contribution is -2.35. The van der Waals surface area contributed by atoms with Crippen molar-refractivity contribution in [2.24, 2.45) is 0 Å². The van der Waals surface area contributed by atoms with Crippen molar-refractivity contribution >= 4 is 0 Å². The molecule has 9 heteroatoms. The molecule has 2 heterocycles. The highest BCUT2D eigenvalue weighted by Crippen LogP contribution is 2.15. The van der Waals surface area contributed by atoms with Crippen LogP contribution in [0.1, 0.15) is 17.8 Å². The Morgan fingerprint density at radius 3 is 2.95 bits per heavy atom. The predicted octanol–water partition coefficient (Wildman–Crippen LogP) is 0.852. The largest absolute Gasteiger partial charge is 0.411 e. The zero-order valence-corrected chi connectivity index (χ0v) is 10.1. The fraction of sp³-hybridized carbons (Fsp3) is 0.800. The summed E-state index contributed by atoms with van der Waals surface area (Å²) < 4.78 is 50.1. The van der Waals surface area contributed by atoms with Gasteiger partial charge in [0.1, 0.15) is 6.61 Å². The van der Waals surface area contributed by atoms with Gasteiger partial charge in [0.2, 0.25) is 5.89 Å². The van der Waals surface area contributed by atoms with Gasteiger partial charge in [-0.2, -0.15) is 18.2 Å². The standard InChI is InChI=1S/C10H14F3N3O3/c11-10(12,13)6-18-3-1-8-15-9(16-19-8)7-5-17-4-2-14-7/h7,14H,1-6H2. The second-order valence-electron chi connectivity index (χ2n) is 4.05. The van der Waals surface area contributed by atoms with E-state index < -0.39 is 12.8 Å². The van der Waals surface area contributed by atoms with E-state index in [9.17, 15) is 13.2 Å². The first-order valence-electron chi connectivity index (χ1n) is 5.83. The summed E-state index contributed by atoms with van der Waals surface area (Å²) >= 11 is 0. The second-order valence-corrected chi connectivity index (χ2v) is 4.05. The van der Waals surface area contributed by atoms with Gasteiger partial charge in [0.25, 0.3) is 0 Å². The van der Waals surface area contributed by atoms with Crippen LogP contribution in [0.2, 0.25) is 0 Å². The lowest BCUT2D eigenvalue weighted by Gasteiger charge is -2.20. The number of hydrogen-bond donors (Lipinski definition) is 1. The van der Waals surface area contributed by atoms with E-state index in [0.29, 0.717) is 25.6 Å². The van der Waals surface area contributed by atoms with E-state index in [0.717, 1.165) is 0 Å². The predicted molar refractivity (Wildman–Crippen MR) is 56.4 cm³/mol. The van der Waals surface area contributed by atoms with Gasteiger partial charge in [-0.05, 0) is 0 Å². The summed E-state index contributed by atoms with van der Waals surface area (Å²) in [7, 11) is 0. The quantitative estimate of drug-likeness (QED) is 0.807. The molecule has 0 spiro atoms. The highest BCUT2D eigenvalue weighted by atomic mass is 19.4. The number of morpholine rings is 1. The van der Waals surface area contributed by atoms with Crippen LogP contribution in [-0.4, -0.2) is 49.3 Å². The average Bonchev–Trinajstić information content (AvgIpc) is 2.83. The van der Waals surface area contributed by atoms with Crippen LogP contribution in [0, 0.1) is 0 Å². The molecule has 1 unspecified atom stereocenters. The van der Waals surface area contributed by atoms with Crippen LogP contribution >= 0.6 is 0 Å². The summed E-state index contributed by atoms with van der Waals surface area (Å²) in [5.41, 5.74) is 0. The second kappa shape index (κ2) is 6.31. The molecule has 0 aliphatic carbocycles. The summed E-state index contributed by atoms with van der Waals surface area (Å²) in [4.78, 5) is 4.09. The molecule has 0 radical (unpaired) electrons. The van der Waals surface area contributed by atoms with Gasteiger partial charge in [0, 0.05) is 6.54 Å². The third kappa shape index (κ3) is 4.77. The Bertz CT molecular complexity index is 391.